The standard InChI is InChI=1S/C21H29N5/c1-22-20-17-10-12-23-15-18(17)24-21(25-20)19-9-5-6-13-26(19)14-11-16-7-3-2-4-8-16/h2-4,7-8,19,23H,5-6,9-15H2,1H3,(H,22,24,25). The van der Waals surface area contributed by atoms with Crippen LogP contribution in [0, 0.1) is 0 Å². The van der Waals surface area contributed by atoms with Gasteiger partial charge in [0.25, 0.3) is 0 Å². The predicted octanol–water partition coefficient (Wildman–Crippen LogP) is 2.93. The van der Waals surface area contributed by atoms with Crippen molar-refractivity contribution < 1.29 is 0 Å². The van der Waals surface area contributed by atoms with Crippen LogP contribution in [0.15, 0.2) is 30.3 Å². The number of nitrogens with one attached hydrogen (secondary N) is 2. The minimum absolute atomic E-state index is 0.340. The van der Waals surface area contributed by atoms with Crippen molar-refractivity contribution in [2.45, 2.75) is 44.7 Å². The van der Waals surface area contributed by atoms with Gasteiger partial charge in [0.05, 0.1) is 11.7 Å². The van der Waals surface area contributed by atoms with E-state index < -0.39 is 0 Å². The molecule has 1 aromatic heterocycles. The normalized spacial score (nSPS) is 20.6. The first-order valence-corrected chi connectivity index (χ1v) is 9.91. The zero-order valence-electron chi connectivity index (χ0n) is 15.7. The number of hydrogen-bond donors (Lipinski definition) is 2. The summed E-state index contributed by atoms with van der Waals surface area (Å²) < 4.78 is 0. The van der Waals surface area contributed by atoms with Crippen LogP contribution in [0.1, 0.15) is 47.9 Å². The summed E-state index contributed by atoms with van der Waals surface area (Å²) in [5.74, 6) is 2.03. The molecular formula is C21H29N5. The van der Waals surface area contributed by atoms with Crippen molar-refractivity contribution in [2.24, 2.45) is 0 Å². The molecule has 0 amide bonds. The average Bonchev–Trinajstić information content (AvgIpc) is 2.72. The quantitative estimate of drug-likeness (QED) is 0.867. The molecule has 2 aliphatic rings. The highest BCUT2D eigenvalue weighted by Gasteiger charge is 2.28. The third-order valence-electron chi connectivity index (χ3n) is 5.63. The number of piperidine rings is 1. The van der Waals surface area contributed by atoms with E-state index in [1.165, 1.54) is 29.7 Å². The Kier molecular flexibility index (Phi) is 5.46. The summed E-state index contributed by atoms with van der Waals surface area (Å²) in [6.07, 6.45) is 5.79. The van der Waals surface area contributed by atoms with Gasteiger partial charge in [0, 0.05) is 25.7 Å². The van der Waals surface area contributed by atoms with E-state index in [-0.39, 0.29) is 0 Å². The van der Waals surface area contributed by atoms with E-state index in [4.69, 9.17) is 9.97 Å². The van der Waals surface area contributed by atoms with Crippen LogP contribution in [0.3, 0.4) is 0 Å². The molecule has 26 heavy (non-hydrogen) atoms. The average molecular weight is 351 g/mol. The van der Waals surface area contributed by atoms with Crippen LogP contribution < -0.4 is 10.6 Å². The molecule has 2 aromatic rings. The van der Waals surface area contributed by atoms with Crippen LogP contribution in [0.4, 0.5) is 5.82 Å². The fourth-order valence-corrected chi connectivity index (χ4v) is 4.20. The summed E-state index contributed by atoms with van der Waals surface area (Å²) >= 11 is 0. The van der Waals surface area contributed by atoms with Crippen molar-refractivity contribution in [1.29, 1.82) is 0 Å². The maximum atomic E-state index is 5.00. The second-order valence-corrected chi connectivity index (χ2v) is 7.32. The maximum absolute atomic E-state index is 5.00. The van der Waals surface area contributed by atoms with Gasteiger partial charge in [0.2, 0.25) is 0 Å². The van der Waals surface area contributed by atoms with Gasteiger partial charge in [-0.3, -0.25) is 4.90 Å². The van der Waals surface area contributed by atoms with Gasteiger partial charge in [-0.1, -0.05) is 36.8 Å². The van der Waals surface area contributed by atoms with Gasteiger partial charge in [-0.05, 0) is 44.3 Å². The lowest BCUT2D eigenvalue weighted by atomic mass is 9.99. The summed E-state index contributed by atoms with van der Waals surface area (Å²) in [7, 11) is 1.97. The number of aromatic nitrogens is 2. The number of rotatable bonds is 5. The Morgan fingerprint density at radius 2 is 2.08 bits per heavy atom. The van der Waals surface area contributed by atoms with Crippen LogP contribution in [0.5, 0.6) is 0 Å². The van der Waals surface area contributed by atoms with Crippen molar-refractivity contribution in [3.8, 4) is 0 Å². The monoisotopic (exact) mass is 351 g/mol. The van der Waals surface area contributed by atoms with Gasteiger partial charge >= 0.3 is 0 Å². The molecular weight excluding hydrogens is 322 g/mol. The zero-order chi connectivity index (χ0) is 17.8. The first-order valence-electron chi connectivity index (χ1n) is 9.91. The second-order valence-electron chi connectivity index (χ2n) is 7.32. The third-order valence-corrected chi connectivity index (χ3v) is 5.63. The molecule has 138 valence electrons. The van der Waals surface area contributed by atoms with Gasteiger partial charge in [-0.2, -0.15) is 0 Å². The maximum Gasteiger partial charge on any atom is 0.148 e. The van der Waals surface area contributed by atoms with Crippen LogP contribution in [-0.4, -0.2) is 41.5 Å². The number of hydrogen-bond acceptors (Lipinski definition) is 5. The van der Waals surface area contributed by atoms with Gasteiger partial charge in [0.15, 0.2) is 0 Å². The topological polar surface area (TPSA) is 53.1 Å². The Morgan fingerprint density at radius 3 is 2.92 bits per heavy atom. The minimum Gasteiger partial charge on any atom is -0.373 e. The molecule has 3 heterocycles. The van der Waals surface area contributed by atoms with Crippen LogP contribution in [0.25, 0.3) is 0 Å². The molecule has 0 aliphatic carbocycles. The smallest absolute Gasteiger partial charge is 0.148 e. The molecule has 1 atom stereocenters. The molecule has 2 aliphatic heterocycles. The van der Waals surface area contributed by atoms with Crippen LogP contribution in [0.2, 0.25) is 0 Å². The summed E-state index contributed by atoms with van der Waals surface area (Å²) in [5, 5.41) is 6.76. The Hall–Kier alpha value is -1.98. The lowest BCUT2D eigenvalue weighted by molar-refractivity contribution is 0.143. The van der Waals surface area contributed by atoms with E-state index in [1.54, 1.807) is 0 Å². The summed E-state index contributed by atoms with van der Waals surface area (Å²) in [6, 6.07) is 11.1. The van der Waals surface area contributed by atoms with Crippen molar-refractivity contribution in [2.75, 3.05) is 32.0 Å². The van der Waals surface area contributed by atoms with Gasteiger partial charge < -0.3 is 10.6 Å². The molecule has 5 nitrogen and oxygen atoms in total. The number of anilines is 1. The molecule has 5 heteroatoms. The van der Waals surface area contributed by atoms with E-state index in [1.807, 2.05) is 7.05 Å². The highest BCUT2D eigenvalue weighted by Crippen LogP contribution is 2.31. The van der Waals surface area contributed by atoms with Gasteiger partial charge in [0.1, 0.15) is 11.6 Å². The number of fused-ring (bicyclic) bond motifs is 1. The molecule has 1 aromatic carbocycles. The van der Waals surface area contributed by atoms with Crippen LogP contribution in [-0.2, 0) is 19.4 Å². The number of nitrogens with zero attached hydrogens (tertiary/aromatic N) is 3. The molecule has 4 rings (SSSR count). The van der Waals surface area contributed by atoms with E-state index >= 15 is 0 Å². The van der Waals surface area contributed by atoms with Crippen LogP contribution >= 0.6 is 0 Å². The second kappa shape index (κ2) is 8.14. The molecule has 0 bridgehead atoms. The van der Waals surface area contributed by atoms with E-state index in [2.05, 4.69) is 45.9 Å². The third kappa shape index (κ3) is 3.74. The Morgan fingerprint density at radius 1 is 1.19 bits per heavy atom. The van der Waals surface area contributed by atoms with E-state index in [0.717, 1.165) is 57.1 Å². The summed E-state index contributed by atoms with van der Waals surface area (Å²) in [4.78, 5) is 12.5. The van der Waals surface area contributed by atoms with Crippen molar-refractivity contribution in [3.63, 3.8) is 0 Å². The fourth-order valence-electron chi connectivity index (χ4n) is 4.20. The van der Waals surface area contributed by atoms with Gasteiger partial charge in [-0.15, -0.1) is 0 Å². The zero-order valence-corrected chi connectivity index (χ0v) is 15.7. The Bertz CT molecular complexity index is 713. The van der Waals surface area contributed by atoms with Crippen molar-refractivity contribution in [3.05, 3.63) is 53.0 Å². The summed E-state index contributed by atoms with van der Waals surface area (Å²) in [5.41, 5.74) is 3.88. The predicted molar refractivity (Wildman–Crippen MR) is 105 cm³/mol. The van der Waals surface area contributed by atoms with Crippen molar-refractivity contribution in [1.82, 2.24) is 20.2 Å². The molecule has 0 spiro atoms. The largest absolute Gasteiger partial charge is 0.373 e. The van der Waals surface area contributed by atoms with E-state index in [0.29, 0.717) is 6.04 Å². The molecule has 1 unspecified atom stereocenters. The lowest BCUT2D eigenvalue weighted by Gasteiger charge is -2.35. The SMILES string of the molecule is CNc1nc(C2CCCCN2CCc2ccccc2)nc2c1CCNC2. The molecule has 0 saturated carbocycles. The van der Waals surface area contributed by atoms with E-state index in [9.17, 15) is 0 Å². The highest BCUT2D eigenvalue weighted by molar-refractivity contribution is 5.47. The lowest BCUT2D eigenvalue weighted by Crippen LogP contribution is -2.37. The Labute approximate surface area is 156 Å². The minimum atomic E-state index is 0.340. The van der Waals surface area contributed by atoms with Crippen molar-refractivity contribution >= 4 is 5.82 Å². The van der Waals surface area contributed by atoms with Gasteiger partial charge in [-0.25, -0.2) is 9.97 Å². The first-order chi connectivity index (χ1) is 12.8. The Balaban J connectivity index is 1.56. The molecule has 1 fully saturated rings. The number of benzene rings is 1. The molecule has 2 N–H and O–H groups in total. The fraction of sp³-hybridized carbons (Fsp3) is 0.524. The molecule has 0 radical (unpaired) electrons. The summed E-state index contributed by atoms with van der Waals surface area (Å²) in [6.45, 7) is 4.08. The number of likely N-dealkylation sites (tertiary alicyclic amines) is 1. The molecule has 1 saturated heterocycles. The highest BCUT2D eigenvalue weighted by atomic mass is 15.2. The first kappa shape index (κ1) is 17.4.